The van der Waals surface area contributed by atoms with Gasteiger partial charge in [-0.05, 0) is 13.0 Å². The van der Waals surface area contributed by atoms with Gasteiger partial charge in [0.2, 0.25) is 0 Å². The molecule has 3 unspecified atom stereocenters. The first-order chi connectivity index (χ1) is 14.0. The Labute approximate surface area is 168 Å². The Hall–Kier alpha value is -2.59. The molecule has 10 nitrogen and oxygen atoms in total. The molecule has 0 aromatic carbocycles. The zero-order valence-electron chi connectivity index (χ0n) is 16.8. The average molecular weight is 410 g/mol. The van der Waals surface area contributed by atoms with Crippen LogP contribution in [0.25, 0.3) is 0 Å². The number of cyclic esters (lactones) is 1. The van der Waals surface area contributed by atoms with Crippen LogP contribution in [-0.4, -0.2) is 82.5 Å². The summed E-state index contributed by atoms with van der Waals surface area (Å²) >= 11 is 0. The second-order valence-corrected chi connectivity index (χ2v) is 6.92. The van der Waals surface area contributed by atoms with E-state index >= 15 is 0 Å². The van der Waals surface area contributed by atoms with Crippen LogP contribution < -0.4 is 5.32 Å². The summed E-state index contributed by atoms with van der Waals surface area (Å²) in [5.74, 6) is -3.92. The largest absolute Gasteiger partial charge is 0.470 e. The Balaban J connectivity index is 1.88. The Morgan fingerprint density at radius 1 is 1.24 bits per heavy atom. The number of carbonyl (C=O) groups is 3. The lowest BCUT2D eigenvalue weighted by molar-refractivity contribution is -0.165. The van der Waals surface area contributed by atoms with E-state index in [0.29, 0.717) is 32.1 Å². The Bertz CT molecular complexity index is 726. The second kappa shape index (κ2) is 9.27. The average Bonchev–Trinajstić information content (AvgIpc) is 2.72. The maximum Gasteiger partial charge on any atom is 0.340 e. The summed E-state index contributed by atoms with van der Waals surface area (Å²) in [4.78, 5) is 39.8. The third-order valence-electron chi connectivity index (χ3n) is 5.13. The molecular weight excluding hydrogens is 384 g/mol. The molecule has 3 aliphatic heterocycles. The van der Waals surface area contributed by atoms with Crippen LogP contribution in [0.2, 0.25) is 0 Å². The number of morpholine rings is 1. The van der Waals surface area contributed by atoms with Crippen molar-refractivity contribution in [2.75, 3.05) is 53.6 Å². The number of esters is 3. The summed E-state index contributed by atoms with van der Waals surface area (Å²) < 4.78 is 26.1. The van der Waals surface area contributed by atoms with Crippen LogP contribution in [-0.2, 0) is 38.1 Å². The highest BCUT2D eigenvalue weighted by Gasteiger charge is 2.53. The predicted octanol–water partition coefficient (Wildman–Crippen LogP) is -0.442. The summed E-state index contributed by atoms with van der Waals surface area (Å²) in [6.45, 7) is 5.76. The maximum atomic E-state index is 12.5. The Kier molecular flexibility index (Phi) is 6.75. The van der Waals surface area contributed by atoms with Crippen molar-refractivity contribution in [3.8, 4) is 0 Å². The van der Waals surface area contributed by atoms with E-state index in [2.05, 4.69) is 10.2 Å². The SMILES string of the molecule is COC(=O)C1=C(NCCN2CCOCC2)OC2C=C(C)OC(=O)C2C1C(=O)OC. The fraction of sp³-hybridized carbons (Fsp3) is 0.632. The number of hydrogen-bond donors (Lipinski definition) is 1. The monoisotopic (exact) mass is 410 g/mol. The first-order valence-corrected chi connectivity index (χ1v) is 9.47. The molecule has 1 fully saturated rings. The third-order valence-corrected chi connectivity index (χ3v) is 5.13. The van der Waals surface area contributed by atoms with E-state index in [1.807, 2.05) is 0 Å². The molecule has 0 saturated carbocycles. The lowest BCUT2D eigenvalue weighted by Crippen LogP contribution is -2.50. The van der Waals surface area contributed by atoms with Crippen molar-refractivity contribution in [3.63, 3.8) is 0 Å². The molecule has 0 radical (unpaired) electrons. The summed E-state index contributed by atoms with van der Waals surface area (Å²) in [7, 11) is 2.40. The van der Waals surface area contributed by atoms with Crippen LogP contribution in [0.1, 0.15) is 6.92 Å². The summed E-state index contributed by atoms with van der Waals surface area (Å²) in [5.41, 5.74) is -0.0764. The number of nitrogens with one attached hydrogen (secondary N) is 1. The smallest absolute Gasteiger partial charge is 0.340 e. The van der Waals surface area contributed by atoms with E-state index in [1.54, 1.807) is 13.0 Å². The molecule has 160 valence electrons. The third kappa shape index (κ3) is 4.54. The highest BCUT2D eigenvalue weighted by molar-refractivity contribution is 5.99. The molecule has 0 spiro atoms. The minimum atomic E-state index is -1.20. The quantitative estimate of drug-likeness (QED) is 0.457. The number of allylic oxidation sites excluding steroid dienone is 1. The fourth-order valence-electron chi connectivity index (χ4n) is 3.69. The first-order valence-electron chi connectivity index (χ1n) is 9.47. The molecule has 0 aliphatic carbocycles. The van der Waals surface area contributed by atoms with E-state index in [9.17, 15) is 14.4 Å². The van der Waals surface area contributed by atoms with Crippen molar-refractivity contribution in [3.05, 3.63) is 23.3 Å². The van der Waals surface area contributed by atoms with E-state index in [-0.39, 0.29) is 11.5 Å². The van der Waals surface area contributed by atoms with E-state index < -0.39 is 35.8 Å². The molecular formula is C19H26N2O8. The summed E-state index contributed by atoms with van der Waals surface area (Å²) in [6, 6.07) is 0. The normalized spacial score (nSPS) is 27.2. The number of ether oxygens (including phenoxy) is 5. The molecule has 1 N–H and O–H groups in total. The Morgan fingerprint density at radius 2 is 1.97 bits per heavy atom. The maximum absolute atomic E-state index is 12.5. The predicted molar refractivity (Wildman–Crippen MR) is 98.0 cm³/mol. The summed E-state index contributed by atoms with van der Waals surface area (Å²) in [6.07, 6.45) is 0.847. The van der Waals surface area contributed by atoms with Gasteiger partial charge in [-0.3, -0.25) is 14.5 Å². The number of hydrogen-bond acceptors (Lipinski definition) is 10. The van der Waals surface area contributed by atoms with Gasteiger partial charge in [0.1, 0.15) is 29.3 Å². The van der Waals surface area contributed by atoms with Gasteiger partial charge >= 0.3 is 17.9 Å². The lowest BCUT2D eigenvalue weighted by atomic mass is 9.79. The van der Waals surface area contributed by atoms with Gasteiger partial charge in [-0.1, -0.05) is 0 Å². The second-order valence-electron chi connectivity index (χ2n) is 6.92. The molecule has 3 rings (SSSR count). The molecule has 29 heavy (non-hydrogen) atoms. The fourth-order valence-corrected chi connectivity index (χ4v) is 3.69. The number of fused-ring (bicyclic) bond motifs is 1. The topological polar surface area (TPSA) is 113 Å². The molecule has 1 saturated heterocycles. The van der Waals surface area contributed by atoms with Gasteiger partial charge < -0.3 is 29.0 Å². The van der Waals surface area contributed by atoms with Crippen LogP contribution in [0, 0.1) is 11.8 Å². The molecule has 0 aromatic rings. The number of rotatable bonds is 6. The van der Waals surface area contributed by atoms with Gasteiger partial charge in [0.05, 0.1) is 27.4 Å². The van der Waals surface area contributed by atoms with E-state index in [4.69, 9.17) is 23.7 Å². The number of methoxy groups -OCH3 is 2. The standard InChI is InChI=1S/C19H26N2O8/c1-11-10-12-13(19(24)28-11)14(17(22)25-2)15(18(23)26-3)16(29-12)20-4-5-21-6-8-27-9-7-21/h10,12-14,20H,4-9H2,1-3H3. The van der Waals surface area contributed by atoms with Crippen molar-refractivity contribution in [2.24, 2.45) is 11.8 Å². The van der Waals surface area contributed by atoms with Crippen LogP contribution in [0.4, 0.5) is 0 Å². The lowest BCUT2D eigenvalue weighted by Gasteiger charge is -2.38. The van der Waals surface area contributed by atoms with Crippen molar-refractivity contribution >= 4 is 17.9 Å². The molecule has 0 amide bonds. The van der Waals surface area contributed by atoms with Gasteiger partial charge in [0, 0.05) is 26.2 Å². The molecule has 0 bridgehead atoms. The summed E-state index contributed by atoms with van der Waals surface area (Å²) in [5, 5.41) is 3.09. The zero-order chi connectivity index (χ0) is 21.0. The van der Waals surface area contributed by atoms with Crippen molar-refractivity contribution < 1.29 is 38.1 Å². The van der Waals surface area contributed by atoms with E-state index in [0.717, 1.165) is 13.1 Å². The molecule has 3 heterocycles. The number of carbonyl (C=O) groups excluding carboxylic acids is 3. The highest BCUT2D eigenvalue weighted by Crippen LogP contribution is 2.39. The molecule has 3 aliphatic rings. The zero-order valence-corrected chi connectivity index (χ0v) is 16.8. The van der Waals surface area contributed by atoms with Gasteiger partial charge in [0.25, 0.3) is 0 Å². The first kappa shape index (κ1) is 21.1. The van der Waals surface area contributed by atoms with Crippen LogP contribution >= 0.6 is 0 Å². The van der Waals surface area contributed by atoms with Gasteiger partial charge in [-0.2, -0.15) is 0 Å². The van der Waals surface area contributed by atoms with Crippen LogP contribution in [0.3, 0.4) is 0 Å². The van der Waals surface area contributed by atoms with Crippen LogP contribution in [0.5, 0.6) is 0 Å². The number of nitrogens with zero attached hydrogens (tertiary/aromatic N) is 1. The minimum absolute atomic E-state index is 0.0764. The Morgan fingerprint density at radius 3 is 2.62 bits per heavy atom. The minimum Gasteiger partial charge on any atom is -0.470 e. The van der Waals surface area contributed by atoms with E-state index in [1.165, 1.54) is 14.2 Å². The highest BCUT2D eigenvalue weighted by atomic mass is 16.6. The van der Waals surface area contributed by atoms with Gasteiger partial charge in [-0.25, -0.2) is 4.79 Å². The van der Waals surface area contributed by atoms with Gasteiger partial charge in [-0.15, -0.1) is 0 Å². The van der Waals surface area contributed by atoms with Crippen molar-refractivity contribution in [1.82, 2.24) is 10.2 Å². The van der Waals surface area contributed by atoms with Crippen molar-refractivity contribution in [2.45, 2.75) is 13.0 Å². The molecule has 0 aromatic heterocycles. The molecule has 10 heteroatoms. The van der Waals surface area contributed by atoms with Crippen LogP contribution in [0.15, 0.2) is 23.3 Å². The van der Waals surface area contributed by atoms with Crippen molar-refractivity contribution in [1.29, 1.82) is 0 Å². The molecule has 3 atom stereocenters. The van der Waals surface area contributed by atoms with Gasteiger partial charge in [0.15, 0.2) is 5.88 Å².